The fraction of sp³-hybridized carbons (Fsp3) is 0.0833. The van der Waals surface area contributed by atoms with Gasteiger partial charge in [-0.1, -0.05) is 11.6 Å². The first-order valence-corrected chi connectivity index (χ1v) is 5.71. The second kappa shape index (κ2) is 5.19. The molecule has 0 saturated heterocycles. The minimum absolute atomic E-state index is 0.144. The second-order valence-corrected chi connectivity index (χ2v) is 4.28. The van der Waals surface area contributed by atoms with E-state index in [2.05, 4.69) is 15.5 Å². The Morgan fingerprint density at radius 3 is 2.74 bits per heavy atom. The van der Waals surface area contributed by atoms with Crippen LogP contribution in [0.25, 0.3) is 0 Å². The third kappa shape index (κ3) is 2.97. The summed E-state index contributed by atoms with van der Waals surface area (Å²) in [5.41, 5.74) is 6.05. The van der Waals surface area contributed by atoms with Gasteiger partial charge in [0, 0.05) is 5.69 Å². The average Bonchev–Trinajstić information content (AvgIpc) is 2.36. The summed E-state index contributed by atoms with van der Waals surface area (Å²) in [5, 5.41) is 9.83. The largest absolute Gasteiger partial charge is 0.399 e. The molecule has 1 aromatic heterocycles. The minimum atomic E-state index is -0.649. The molecule has 2 aromatic rings. The van der Waals surface area contributed by atoms with Crippen LogP contribution in [0.2, 0.25) is 5.15 Å². The third-order valence-corrected chi connectivity index (χ3v) is 2.60. The van der Waals surface area contributed by atoms with E-state index in [0.717, 1.165) is 0 Å². The molecule has 0 radical (unpaired) electrons. The molecule has 0 unspecified atom stereocenters. The first-order chi connectivity index (χ1) is 8.97. The Hall–Kier alpha value is -2.21. The van der Waals surface area contributed by atoms with Crippen LogP contribution in [-0.4, -0.2) is 16.1 Å². The van der Waals surface area contributed by atoms with Gasteiger partial charge in [0.2, 0.25) is 0 Å². The molecule has 0 bridgehead atoms. The van der Waals surface area contributed by atoms with Crippen molar-refractivity contribution in [3.05, 3.63) is 46.4 Å². The monoisotopic (exact) mass is 280 g/mol. The van der Waals surface area contributed by atoms with Gasteiger partial charge in [-0.05, 0) is 36.8 Å². The number of carbonyl (C=O) groups excluding carboxylic acids is 1. The molecule has 0 aliphatic rings. The first kappa shape index (κ1) is 13.2. The summed E-state index contributed by atoms with van der Waals surface area (Å²) in [7, 11) is 0. The molecule has 5 nitrogen and oxygen atoms in total. The molecule has 2 rings (SSSR count). The lowest BCUT2D eigenvalue weighted by atomic mass is 10.1. The zero-order chi connectivity index (χ0) is 14.0. The van der Waals surface area contributed by atoms with Crippen molar-refractivity contribution in [2.45, 2.75) is 6.92 Å². The molecule has 3 N–H and O–H groups in total. The maximum Gasteiger partial charge on any atom is 0.259 e. The Kier molecular flexibility index (Phi) is 3.62. The van der Waals surface area contributed by atoms with Gasteiger partial charge in [0.05, 0.1) is 5.56 Å². The third-order valence-electron chi connectivity index (χ3n) is 2.40. The molecule has 0 aliphatic heterocycles. The van der Waals surface area contributed by atoms with Crippen LogP contribution in [0.4, 0.5) is 15.9 Å². The van der Waals surface area contributed by atoms with Crippen LogP contribution >= 0.6 is 11.6 Å². The van der Waals surface area contributed by atoms with Crippen molar-refractivity contribution in [1.29, 1.82) is 0 Å². The number of benzene rings is 1. The predicted molar refractivity (Wildman–Crippen MR) is 70.5 cm³/mol. The van der Waals surface area contributed by atoms with Crippen molar-refractivity contribution in [3.63, 3.8) is 0 Å². The highest BCUT2D eigenvalue weighted by Crippen LogP contribution is 2.18. The number of carbonyl (C=O) groups is 1. The molecule has 0 aliphatic carbocycles. The number of rotatable bonds is 2. The van der Waals surface area contributed by atoms with Gasteiger partial charge >= 0.3 is 0 Å². The molecule has 1 heterocycles. The average molecular weight is 281 g/mol. The van der Waals surface area contributed by atoms with Gasteiger partial charge in [0.1, 0.15) is 5.82 Å². The van der Waals surface area contributed by atoms with Crippen LogP contribution < -0.4 is 11.1 Å². The molecular weight excluding hydrogens is 271 g/mol. The lowest BCUT2D eigenvalue weighted by molar-refractivity contribution is 0.102. The van der Waals surface area contributed by atoms with Gasteiger partial charge in [-0.15, -0.1) is 10.2 Å². The smallest absolute Gasteiger partial charge is 0.259 e. The summed E-state index contributed by atoms with van der Waals surface area (Å²) in [6.45, 7) is 1.53. The van der Waals surface area contributed by atoms with Gasteiger partial charge in [-0.2, -0.15) is 0 Å². The van der Waals surface area contributed by atoms with Gasteiger partial charge < -0.3 is 11.1 Å². The Bertz CT molecular complexity index is 630. The molecule has 0 atom stereocenters. The van der Waals surface area contributed by atoms with Gasteiger partial charge in [0.15, 0.2) is 11.0 Å². The molecule has 0 saturated carbocycles. The summed E-state index contributed by atoms with van der Waals surface area (Å²) in [4.78, 5) is 11.9. The SMILES string of the molecule is Cc1cc(N)cc(C(=O)Nc2ccc(Cl)nn2)c1F. The molecule has 1 amide bonds. The highest BCUT2D eigenvalue weighted by atomic mass is 35.5. The molecule has 1 aromatic carbocycles. The summed E-state index contributed by atoms with van der Waals surface area (Å²) < 4.78 is 13.8. The van der Waals surface area contributed by atoms with E-state index >= 15 is 0 Å². The number of hydrogen-bond donors (Lipinski definition) is 2. The second-order valence-electron chi connectivity index (χ2n) is 3.89. The van der Waals surface area contributed by atoms with Crippen molar-refractivity contribution in [3.8, 4) is 0 Å². The number of aryl methyl sites for hydroxylation is 1. The number of nitrogens with zero attached hydrogens (tertiary/aromatic N) is 2. The number of aromatic nitrogens is 2. The lowest BCUT2D eigenvalue weighted by Crippen LogP contribution is -2.16. The zero-order valence-electron chi connectivity index (χ0n) is 9.95. The van der Waals surface area contributed by atoms with Crippen molar-refractivity contribution in [2.24, 2.45) is 0 Å². The zero-order valence-corrected chi connectivity index (χ0v) is 10.7. The Morgan fingerprint density at radius 1 is 1.37 bits per heavy atom. The highest BCUT2D eigenvalue weighted by Gasteiger charge is 2.15. The number of nitrogen functional groups attached to an aromatic ring is 1. The number of halogens is 2. The standard InChI is InChI=1S/C12H10ClFN4O/c1-6-4-7(15)5-8(11(6)14)12(19)16-10-3-2-9(13)17-18-10/h2-5H,15H2,1H3,(H,16,18,19). The van der Waals surface area contributed by atoms with Crippen molar-refractivity contribution < 1.29 is 9.18 Å². The van der Waals surface area contributed by atoms with E-state index in [-0.39, 0.29) is 16.5 Å². The van der Waals surface area contributed by atoms with Crippen LogP contribution in [0.3, 0.4) is 0 Å². The summed E-state index contributed by atoms with van der Waals surface area (Å²) in [5.74, 6) is -1.09. The maximum absolute atomic E-state index is 13.8. The van der Waals surface area contributed by atoms with Crippen LogP contribution in [0.15, 0.2) is 24.3 Å². The van der Waals surface area contributed by atoms with Gasteiger partial charge in [0.25, 0.3) is 5.91 Å². The van der Waals surface area contributed by atoms with Crippen molar-refractivity contribution in [1.82, 2.24) is 10.2 Å². The number of amides is 1. The van der Waals surface area contributed by atoms with E-state index in [4.69, 9.17) is 17.3 Å². The van der Waals surface area contributed by atoms with Crippen LogP contribution in [-0.2, 0) is 0 Å². The van der Waals surface area contributed by atoms with Crippen LogP contribution in [0, 0.1) is 12.7 Å². The van der Waals surface area contributed by atoms with Crippen molar-refractivity contribution in [2.75, 3.05) is 11.1 Å². The van der Waals surface area contributed by atoms with E-state index in [0.29, 0.717) is 11.3 Å². The van der Waals surface area contributed by atoms with Gasteiger partial charge in [-0.3, -0.25) is 4.79 Å². The molecular formula is C12H10ClFN4O. The van der Waals surface area contributed by atoms with E-state index < -0.39 is 11.7 Å². The molecule has 98 valence electrons. The van der Waals surface area contributed by atoms with Crippen LogP contribution in [0.5, 0.6) is 0 Å². The number of anilines is 2. The number of hydrogen-bond acceptors (Lipinski definition) is 4. The fourth-order valence-electron chi connectivity index (χ4n) is 1.53. The Labute approximate surface area is 113 Å². The van der Waals surface area contributed by atoms with E-state index in [1.807, 2.05) is 0 Å². The lowest BCUT2D eigenvalue weighted by Gasteiger charge is -2.07. The quantitative estimate of drug-likeness (QED) is 0.828. The van der Waals surface area contributed by atoms with Crippen LogP contribution in [0.1, 0.15) is 15.9 Å². The predicted octanol–water partition coefficient (Wildman–Crippen LogP) is 2.41. The summed E-state index contributed by atoms with van der Waals surface area (Å²) in [6.07, 6.45) is 0. The normalized spacial score (nSPS) is 10.3. The minimum Gasteiger partial charge on any atom is -0.399 e. The number of nitrogens with two attached hydrogens (primary N) is 1. The molecule has 7 heteroatoms. The number of nitrogens with one attached hydrogen (secondary N) is 1. The fourth-order valence-corrected chi connectivity index (χ4v) is 1.63. The van der Waals surface area contributed by atoms with Gasteiger partial charge in [-0.25, -0.2) is 4.39 Å². The molecule has 0 fully saturated rings. The van der Waals surface area contributed by atoms with E-state index in [9.17, 15) is 9.18 Å². The maximum atomic E-state index is 13.8. The van der Waals surface area contributed by atoms with Crippen molar-refractivity contribution >= 4 is 29.0 Å². The topological polar surface area (TPSA) is 80.9 Å². The van der Waals surface area contributed by atoms with E-state index in [1.165, 1.54) is 31.2 Å². The van der Waals surface area contributed by atoms with E-state index in [1.54, 1.807) is 0 Å². The highest BCUT2D eigenvalue weighted by molar-refractivity contribution is 6.29. The molecule has 19 heavy (non-hydrogen) atoms. The molecule has 0 spiro atoms. The Morgan fingerprint density at radius 2 is 2.11 bits per heavy atom. The first-order valence-electron chi connectivity index (χ1n) is 5.33. The Balaban J connectivity index is 2.27. The summed E-state index contributed by atoms with van der Waals surface area (Å²) >= 11 is 5.57. The summed E-state index contributed by atoms with van der Waals surface area (Å²) in [6, 6.07) is 5.64.